The Hall–Kier alpha value is -5.64. The number of fused-ring (bicyclic) bond motifs is 3. The fourth-order valence-electron chi connectivity index (χ4n) is 9.19. The number of anilines is 3. The van der Waals surface area contributed by atoms with E-state index in [4.69, 9.17) is 54.2 Å². The Morgan fingerprint density at radius 1 is 0.732 bits per heavy atom. The summed E-state index contributed by atoms with van der Waals surface area (Å²) in [5, 5.41) is 33.4. The first-order valence-corrected chi connectivity index (χ1v) is 30.0. The molecule has 44 heteroatoms. The van der Waals surface area contributed by atoms with Crippen LogP contribution < -0.4 is 32.9 Å². The highest BCUT2D eigenvalue weighted by Gasteiger charge is 2.54. The molecule has 82 heavy (non-hydrogen) atoms. The van der Waals surface area contributed by atoms with Gasteiger partial charge in [0.2, 0.25) is 23.6 Å². The summed E-state index contributed by atoms with van der Waals surface area (Å²) in [6.45, 7) is -1.73. The number of aliphatic hydroxyl groups excluding tert-OH is 3. The number of hydrogen-bond donors (Lipinski definition) is 12. The lowest BCUT2D eigenvalue weighted by Gasteiger charge is -2.27. The highest BCUT2D eigenvalue weighted by atomic mass is 31.3. The quantitative estimate of drug-likeness (QED) is 0.0222. The van der Waals surface area contributed by atoms with Crippen molar-refractivity contribution in [3.05, 3.63) is 46.0 Å². The van der Waals surface area contributed by atoms with Gasteiger partial charge in [-0.05, 0) is 6.42 Å². The molecule has 3 aliphatic rings. The molecule has 3 fully saturated rings. The minimum atomic E-state index is -6.25. The first-order chi connectivity index (χ1) is 38.5. The molecule has 0 aromatic carbocycles. The van der Waals surface area contributed by atoms with Crippen molar-refractivity contribution >= 4 is 88.4 Å². The number of phosphoric ester groups is 3. The Bertz CT molecular complexity index is 3690. The van der Waals surface area contributed by atoms with Crippen LogP contribution in [0.25, 0.3) is 33.5 Å². The Labute approximate surface area is 458 Å². The maximum Gasteiger partial charge on any atom is 0.490 e. The Morgan fingerprint density at radius 3 is 2.00 bits per heavy atom. The number of nitrogens with two attached hydrogens (primary N) is 3. The fourth-order valence-corrected chi connectivity index (χ4v) is 13.7. The predicted octanol–water partition coefficient (Wildman–Crippen LogP) is -3.20. The second-order valence-electron chi connectivity index (χ2n) is 18.8. The van der Waals surface area contributed by atoms with Crippen molar-refractivity contribution in [2.45, 2.75) is 87.3 Å². The molecule has 6 aromatic rings. The molecule has 15 N–H and O–H groups in total. The predicted molar refractivity (Wildman–Crippen MR) is 269 cm³/mol. The van der Waals surface area contributed by atoms with Gasteiger partial charge in [-0.3, -0.25) is 56.1 Å². The summed E-state index contributed by atoms with van der Waals surface area (Å²) in [5.74, 6) is -2.50. The zero-order valence-corrected chi connectivity index (χ0v) is 46.6. The molecule has 0 saturated carbocycles. The van der Waals surface area contributed by atoms with Gasteiger partial charge in [0.1, 0.15) is 54.6 Å². The van der Waals surface area contributed by atoms with E-state index in [2.05, 4.69) is 48.5 Å². The Kier molecular flexibility index (Phi) is 17.4. The SMILES string of the molecule is CCCO[C@@H]1[C@H](OP(=O)(O)OC[C@H]2O[C@@H](n3cnc4c(=O)[nH]c(N)nc43)[C@H](O)[C@@H]2O)[C@@H](COP(=O)(O)OP(=O)(O)OP(=O)(O)OC[C@H]2OC([n+]3cn(C)c4c(=O)[nH]c(N)nc43)[C@H](O)[C@@H]2CC(=O)N(C)C)O[C@H]1n1cnc2c(N)ncnc21. The van der Waals surface area contributed by atoms with Crippen LogP contribution >= 0.6 is 31.3 Å². The summed E-state index contributed by atoms with van der Waals surface area (Å²) < 4.78 is 112. The molecule has 0 bridgehead atoms. The molecular weight excluding hydrogens is 1190 g/mol. The van der Waals surface area contributed by atoms with E-state index in [9.17, 15) is 67.5 Å². The van der Waals surface area contributed by atoms with E-state index in [-0.39, 0.29) is 57.8 Å². The van der Waals surface area contributed by atoms with Crippen molar-refractivity contribution in [2.75, 3.05) is 57.7 Å². The number of rotatable bonds is 23. The van der Waals surface area contributed by atoms with Crippen LogP contribution in [0.1, 0.15) is 38.4 Å². The van der Waals surface area contributed by atoms with Crippen molar-refractivity contribution in [3.63, 3.8) is 0 Å². The van der Waals surface area contributed by atoms with Crippen molar-refractivity contribution in [2.24, 2.45) is 13.0 Å². The Morgan fingerprint density at radius 2 is 1.33 bits per heavy atom. The number of H-pyrrole nitrogens is 2. The van der Waals surface area contributed by atoms with Crippen LogP contribution in [0.5, 0.6) is 0 Å². The van der Waals surface area contributed by atoms with E-state index in [0.717, 1.165) is 17.2 Å². The van der Waals surface area contributed by atoms with Gasteiger partial charge in [0.15, 0.2) is 41.4 Å². The number of amides is 1. The van der Waals surface area contributed by atoms with E-state index >= 15 is 0 Å². The fraction of sp³-hybridized carbons (Fsp3) is 0.579. The third-order valence-electron chi connectivity index (χ3n) is 12.9. The second-order valence-corrected chi connectivity index (χ2v) is 24.8. The molecule has 6 aromatic heterocycles. The molecule has 1 amide bonds. The maximum absolute atomic E-state index is 13.9. The van der Waals surface area contributed by atoms with Gasteiger partial charge in [-0.2, -0.15) is 13.6 Å². The molecular formula is C38H55N16O24P4+. The molecule has 5 unspecified atom stereocenters. The number of ether oxygens (including phenoxy) is 4. The van der Waals surface area contributed by atoms with E-state index < -0.39 is 148 Å². The minimum Gasteiger partial charge on any atom is -0.387 e. The van der Waals surface area contributed by atoms with Crippen LogP contribution in [0.4, 0.5) is 17.7 Å². The monoisotopic (exact) mass is 1240 g/mol. The van der Waals surface area contributed by atoms with Gasteiger partial charge in [-0.25, -0.2) is 42.8 Å². The minimum absolute atomic E-state index is 0.00799. The summed E-state index contributed by atoms with van der Waals surface area (Å²) in [7, 11) is -19.3. The van der Waals surface area contributed by atoms with Gasteiger partial charge in [0.25, 0.3) is 17.1 Å². The summed E-state index contributed by atoms with van der Waals surface area (Å²) in [5.41, 5.74) is 15.7. The van der Waals surface area contributed by atoms with Gasteiger partial charge in [-0.1, -0.05) is 11.9 Å². The average Bonchev–Trinajstić information content (AvgIpc) is 3.75. The molecule has 3 saturated heterocycles. The highest BCUT2D eigenvalue weighted by Crippen LogP contribution is 2.68. The Balaban J connectivity index is 0.895. The number of carbonyl (C=O) groups is 1. The number of hydrogen-bond acceptors (Lipinski definition) is 29. The maximum atomic E-state index is 13.9. The first-order valence-electron chi connectivity index (χ1n) is 24.1. The lowest BCUT2D eigenvalue weighted by Crippen LogP contribution is -2.45. The highest BCUT2D eigenvalue weighted by molar-refractivity contribution is 7.66. The standard InChI is InChI=1S/C38H54N16O24P4/c1-5-6-69-27-26(76-79(61,62)70-9-17-24(57)25(58)35(74-17)53-13-45-21-30(53)46-37(40)48-32(21)59)18(75-36(27)52-12-44-20-28(39)42-11-43-29(20)52)10-72-81(65,66)78-82(67,68)77-80(63,64)71-8-16-15(7-19(55)50(2)3)23(56)34(73-16)54-14-51(4)22-31(54)47-38(41)49-33(22)60/h11-18,23-27,34-36,56-58H,5-10H2,1-4H3,(H11-,39,40,41,42,43,46,47,48,49,59,60,61,62,63,64,65,66,67,68)/p+1/t15-,16-,17-,18-,23-,24-,25-,26-,27-,34?,35-,36-/m1/s1. The average molecular weight is 1240 g/mol. The molecule has 0 aliphatic carbocycles. The first kappa shape index (κ1) is 60.9. The largest absolute Gasteiger partial charge is 0.490 e. The van der Waals surface area contributed by atoms with Crippen LogP contribution in [0.2, 0.25) is 0 Å². The molecule has 3 aliphatic heterocycles. The number of nitrogens with one attached hydrogen (secondary N) is 2. The van der Waals surface area contributed by atoms with Crippen LogP contribution in [0.15, 0.2) is 34.9 Å². The molecule has 0 spiro atoms. The van der Waals surface area contributed by atoms with Crippen LogP contribution in [0.3, 0.4) is 0 Å². The number of carbonyl (C=O) groups excluding carboxylic acids is 1. The van der Waals surface area contributed by atoms with Gasteiger partial charge >= 0.3 is 36.9 Å². The van der Waals surface area contributed by atoms with Gasteiger partial charge in [0.05, 0.1) is 45.6 Å². The number of imidazole rings is 3. The van der Waals surface area contributed by atoms with Crippen molar-refractivity contribution < 1.29 is 108 Å². The normalized spacial score (nSPS) is 28.8. The zero-order chi connectivity index (χ0) is 59.5. The summed E-state index contributed by atoms with van der Waals surface area (Å²) in [6, 6.07) is 0. The number of aryl methyl sites for hydroxylation is 1. The summed E-state index contributed by atoms with van der Waals surface area (Å²) in [6.07, 6.45) is -13.6. The van der Waals surface area contributed by atoms with E-state index in [1.165, 1.54) is 52.4 Å². The van der Waals surface area contributed by atoms with Crippen molar-refractivity contribution in [1.82, 2.24) is 58.5 Å². The summed E-state index contributed by atoms with van der Waals surface area (Å²) in [4.78, 5) is 111. The van der Waals surface area contributed by atoms with E-state index in [0.29, 0.717) is 6.42 Å². The summed E-state index contributed by atoms with van der Waals surface area (Å²) >= 11 is 0. The van der Waals surface area contributed by atoms with Gasteiger partial charge in [-0.15, -0.1) is 0 Å². The zero-order valence-electron chi connectivity index (χ0n) is 43.0. The van der Waals surface area contributed by atoms with E-state index in [1.807, 2.05) is 0 Å². The van der Waals surface area contributed by atoms with Gasteiger partial charge < -0.3 is 75.9 Å². The lowest BCUT2D eigenvalue weighted by atomic mass is 9.94. The second kappa shape index (κ2) is 23.4. The molecule has 450 valence electrons. The number of aromatic amines is 2. The van der Waals surface area contributed by atoms with Crippen LogP contribution in [-0.2, 0) is 75.8 Å². The third kappa shape index (κ3) is 12.7. The smallest absolute Gasteiger partial charge is 0.387 e. The number of aliphatic hydroxyl groups is 3. The number of aromatic nitrogens is 12. The van der Waals surface area contributed by atoms with Gasteiger partial charge in [0, 0.05) is 33.0 Å². The third-order valence-corrected chi connectivity index (χ3v) is 18.1. The number of nitrogens with zero attached hydrogens (tertiary/aromatic N) is 11. The lowest BCUT2D eigenvalue weighted by molar-refractivity contribution is -0.745. The number of nitrogen functional groups attached to an aromatic ring is 3. The van der Waals surface area contributed by atoms with Crippen LogP contribution in [0, 0.1) is 5.92 Å². The molecule has 9 heterocycles. The molecule has 0 radical (unpaired) electrons. The molecule has 9 rings (SSSR count). The molecule has 40 nitrogen and oxygen atoms in total. The topological polar surface area (TPSA) is 562 Å². The van der Waals surface area contributed by atoms with E-state index in [1.54, 1.807) is 6.92 Å². The van der Waals surface area contributed by atoms with Crippen LogP contribution in [-0.4, -0.2) is 189 Å². The molecule has 16 atom stereocenters. The van der Waals surface area contributed by atoms with Crippen molar-refractivity contribution in [3.8, 4) is 0 Å². The van der Waals surface area contributed by atoms with Crippen molar-refractivity contribution in [1.29, 1.82) is 0 Å². The number of phosphoric acid groups is 4.